The van der Waals surface area contributed by atoms with Crippen molar-refractivity contribution in [2.45, 2.75) is 31.8 Å². The highest BCUT2D eigenvalue weighted by Crippen LogP contribution is 2.30. The van der Waals surface area contributed by atoms with Gasteiger partial charge in [-0.25, -0.2) is 0 Å². The number of carbonyl (C=O) groups excluding carboxylic acids is 1. The molecule has 2 atom stereocenters. The molecule has 1 aromatic rings. The molecule has 0 aliphatic carbocycles. The van der Waals surface area contributed by atoms with Gasteiger partial charge in [-0.1, -0.05) is 0 Å². The van der Waals surface area contributed by atoms with E-state index >= 15 is 0 Å². The van der Waals surface area contributed by atoms with Gasteiger partial charge in [-0.05, 0) is 43.5 Å². The summed E-state index contributed by atoms with van der Waals surface area (Å²) >= 11 is 0. The Kier molecular flexibility index (Phi) is 7.53. The van der Waals surface area contributed by atoms with E-state index in [1.807, 2.05) is 6.07 Å². The van der Waals surface area contributed by atoms with Gasteiger partial charge in [0.2, 0.25) is 0 Å². The van der Waals surface area contributed by atoms with Crippen LogP contribution in [0.25, 0.3) is 0 Å². The highest BCUT2D eigenvalue weighted by molar-refractivity contribution is 5.69. The zero-order valence-corrected chi connectivity index (χ0v) is 16.9. The van der Waals surface area contributed by atoms with Crippen molar-refractivity contribution in [3.63, 3.8) is 0 Å². The van der Waals surface area contributed by atoms with Gasteiger partial charge in [0.1, 0.15) is 11.5 Å². The average Bonchev–Trinajstić information content (AvgIpc) is 2.74. The van der Waals surface area contributed by atoms with Crippen LogP contribution in [-0.4, -0.2) is 80.5 Å². The maximum atomic E-state index is 11.7. The maximum Gasteiger partial charge on any atom is 0.305 e. The molecule has 7 nitrogen and oxygen atoms in total. The van der Waals surface area contributed by atoms with Crippen LogP contribution in [0.2, 0.25) is 0 Å². The minimum atomic E-state index is -0.150. The number of methoxy groups -OCH3 is 2. The van der Waals surface area contributed by atoms with Crippen LogP contribution in [0.1, 0.15) is 24.8 Å². The average molecular weight is 392 g/mol. The lowest BCUT2D eigenvalue weighted by Gasteiger charge is -2.45. The Labute approximate surface area is 167 Å². The monoisotopic (exact) mass is 392 g/mol. The number of carbonyl (C=O) groups is 1. The fourth-order valence-corrected chi connectivity index (χ4v) is 4.37. The summed E-state index contributed by atoms with van der Waals surface area (Å²) in [6, 6.07) is 5.81. The number of aromatic hydroxyl groups is 1. The summed E-state index contributed by atoms with van der Waals surface area (Å²) < 4.78 is 15.7. The van der Waals surface area contributed by atoms with Crippen LogP contribution >= 0.6 is 0 Å². The number of morpholine rings is 1. The Morgan fingerprint density at radius 1 is 1.25 bits per heavy atom. The SMILES string of the molecule is COC(=O)CC[C@@H]1CN(Cc2cc(OC)ccc2O)CC[C@@H]1N1CCOCC1. The summed E-state index contributed by atoms with van der Waals surface area (Å²) in [6.07, 6.45) is 2.31. The Bertz CT molecular complexity index is 648. The first-order valence-electron chi connectivity index (χ1n) is 10.1. The highest BCUT2D eigenvalue weighted by Gasteiger charge is 2.34. The number of phenolic OH excluding ortho intramolecular Hbond substituents is 1. The van der Waals surface area contributed by atoms with Crippen molar-refractivity contribution in [3.8, 4) is 11.5 Å². The maximum absolute atomic E-state index is 11.7. The van der Waals surface area contributed by atoms with Crippen LogP contribution in [0.4, 0.5) is 0 Å². The molecule has 28 heavy (non-hydrogen) atoms. The van der Waals surface area contributed by atoms with Crippen LogP contribution in [0, 0.1) is 5.92 Å². The van der Waals surface area contributed by atoms with Crippen molar-refractivity contribution in [1.82, 2.24) is 9.80 Å². The zero-order chi connectivity index (χ0) is 19.9. The van der Waals surface area contributed by atoms with Crippen LogP contribution in [-0.2, 0) is 20.8 Å². The Morgan fingerprint density at radius 3 is 2.75 bits per heavy atom. The van der Waals surface area contributed by atoms with Crippen LogP contribution in [0.3, 0.4) is 0 Å². The second-order valence-electron chi connectivity index (χ2n) is 7.61. The number of rotatable bonds is 7. The minimum Gasteiger partial charge on any atom is -0.508 e. The number of piperidine rings is 1. The fraction of sp³-hybridized carbons (Fsp3) is 0.667. The van der Waals surface area contributed by atoms with Gasteiger partial charge in [0.25, 0.3) is 0 Å². The smallest absolute Gasteiger partial charge is 0.305 e. The summed E-state index contributed by atoms with van der Waals surface area (Å²) in [6.45, 7) is 6.01. The van der Waals surface area contributed by atoms with E-state index < -0.39 is 0 Å². The predicted octanol–water partition coefficient (Wildman–Crippen LogP) is 1.88. The van der Waals surface area contributed by atoms with Gasteiger partial charge in [0.05, 0.1) is 27.4 Å². The summed E-state index contributed by atoms with van der Waals surface area (Å²) in [5.41, 5.74) is 0.871. The summed E-state index contributed by atoms with van der Waals surface area (Å²) in [4.78, 5) is 16.6. The summed E-state index contributed by atoms with van der Waals surface area (Å²) in [5, 5.41) is 10.2. The van der Waals surface area contributed by atoms with Crippen molar-refractivity contribution in [2.75, 3.05) is 53.6 Å². The molecule has 0 unspecified atom stereocenters. The largest absolute Gasteiger partial charge is 0.508 e. The number of ether oxygens (including phenoxy) is 3. The van der Waals surface area contributed by atoms with E-state index in [2.05, 4.69) is 9.80 Å². The van der Waals surface area contributed by atoms with E-state index in [-0.39, 0.29) is 5.97 Å². The topological polar surface area (TPSA) is 71.5 Å². The van der Waals surface area contributed by atoms with E-state index in [1.165, 1.54) is 7.11 Å². The van der Waals surface area contributed by atoms with Gasteiger partial charge < -0.3 is 19.3 Å². The number of likely N-dealkylation sites (tertiary alicyclic amines) is 1. The van der Waals surface area contributed by atoms with Gasteiger partial charge in [-0.2, -0.15) is 0 Å². The Hall–Kier alpha value is -1.83. The molecule has 0 radical (unpaired) electrons. The first kappa shape index (κ1) is 20.9. The first-order chi connectivity index (χ1) is 13.6. The lowest BCUT2D eigenvalue weighted by Crippen LogP contribution is -2.53. The molecular weight excluding hydrogens is 360 g/mol. The molecule has 1 N–H and O–H groups in total. The number of hydrogen-bond donors (Lipinski definition) is 1. The van der Waals surface area contributed by atoms with E-state index in [9.17, 15) is 9.90 Å². The van der Waals surface area contributed by atoms with Crippen molar-refractivity contribution in [2.24, 2.45) is 5.92 Å². The van der Waals surface area contributed by atoms with Crippen molar-refractivity contribution >= 4 is 5.97 Å². The normalized spacial score (nSPS) is 24.1. The van der Waals surface area contributed by atoms with Crippen molar-refractivity contribution in [1.29, 1.82) is 0 Å². The molecule has 0 aromatic heterocycles. The molecular formula is C21H32N2O5. The van der Waals surface area contributed by atoms with Crippen LogP contribution in [0.5, 0.6) is 11.5 Å². The lowest BCUT2D eigenvalue weighted by molar-refractivity contribution is -0.141. The summed E-state index contributed by atoms with van der Waals surface area (Å²) in [7, 11) is 3.08. The molecule has 2 heterocycles. The molecule has 0 spiro atoms. The lowest BCUT2D eigenvalue weighted by atomic mass is 9.86. The van der Waals surface area contributed by atoms with Crippen molar-refractivity contribution in [3.05, 3.63) is 23.8 Å². The third-order valence-electron chi connectivity index (χ3n) is 5.92. The third kappa shape index (κ3) is 5.37. The van der Waals surface area contributed by atoms with Gasteiger partial charge in [-0.3, -0.25) is 14.6 Å². The predicted molar refractivity (Wildman–Crippen MR) is 105 cm³/mol. The Morgan fingerprint density at radius 2 is 2.04 bits per heavy atom. The zero-order valence-electron chi connectivity index (χ0n) is 16.9. The van der Waals surface area contributed by atoms with Gasteiger partial charge in [-0.15, -0.1) is 0 Å². The highest BCUT2D eigenvalue weighted by atomic mass is 16.5. The number of phenols is 1. The number of benzene rings is 1. The standard InChI is InChI=1S/C21H32N2O5/c1-26-18-4-5-20(24)17(13-18)15-22-8-7-19(23-9-11-28-12-10-23)16(14-22)3-6-21(25)27-2/h4-5,13,16,19,24H,3,6-12,14-15H2,1-2H3/t16-,19+/m1/s1. The van der Waals surface area contributed by atoms with E-state index in [4.69, 9.17) is 14.2 Å². The Balaban J connectivity index is 1.67. The van der Waals surface area contributed by atoms with E-state index in [0.29, 0.717) is 30.7 Å². The molecule has 2 aliphatic rings. The number of nitrogens with zero attached hydrogens (tertiary/aromatic N) is 2. The van der Waals surface area contributed by atoms with Gasteiger partial charge in [0, 0.05) is 44.2 Å². The van der Waals surface area contributed by atoms with Crippen molar-refractivity contribution < 1.29 is 24.1 Å². The molecule has 156 valence electrons. The number of esters is 1. The second-order valence-corrected chi connectivity index (χ2v) is 7.61. The van der Waals surface area contributed by atoms with Gasteiger partial charge in [0.15, 0.2) is 0 Å². The fourth-order valence-electron chi connectivity index (χ4n) is 4.37. The molecule has 0 bridgehead atoms. The molecule has 0 saturated carbocycles. The molecule has 2 saturated heterocycles. The van der Waals surface area contributed by atoms with Crippen LogP contribution in [0.15, 0.2) is 18.2 Å². The summed E-state index contributed by atoms with van der Waals surface area (Å²) in [5.74, 6) is 1.28. The quantitative estimate of drug-likeness (QED) is 0.711. The van der Waals surface area contributed by atoms with Crippen LogP contribution < -0.4 is 4.74 Å². The molecule has 1 aromatic carbocycles. The third-order valence-corrected chi connectivity index (χ3v) is 5.92. The molecule has 7 heteroatoms. The first-order valence-corrected chi connectivity index (χ1v) is 10.1. The number of hydrogen-bond acceptors (Lipinski definition) is 7. The molecule has 2 fully saturated rings. The molecule has 2 aliphatic heterocycles. The molecule has 0 amide bonds. The van der Waals surface area contributed by atoms with E-state index in [0.717, 1.165) is 63.5 Å². The van der Waals surface area contributed by atoms with Gasteiger partial charge >= 0.3 is 5.97 Å². The van der Waals surface area contributed by atoms with E-state index in [1.54, 1.807) is 19.2 Å². The minimum absolute atomic E-state index is 0.150. The second kappa shape index (κ2) is 10.1. The molecule has 3 rings (SSSR count).